The number of ether oxygens (including phenoxy) is 1. The molecular formula is C14H25N3O. The van der Waals surface area contributed by atoms with Crippen molar-refractivity contribution in [3.63, 3.8) is 0 Å². The summed E-state index contributed by atoms with van der Waals surface area (Å²) in [6, 6.07) is 1.01. The first kappa shape index (κ1) is 13.6. The second kappa shape index (κ2) is 5.41. The smallest absolute Gasteiger partial charge is 0.0951 e. The number of aromatic nitrogens is 2. The molecule has 1 aliphatic heterocycles. The third kappa shape index (κ3) is 3.33. The lowest BCUT2D eigenvalue weighted by atomic mass is 9.94. The van der Waals surface area contributed by atoms with E-state index in [-0.39, 0.29) is 5.60 Å². The van der Waals surface area contributed by atoms with Gasteiger partial charge in [-0.3, -0.25) is 0 Å². The van der Waals surface area contributed by atoms with Gasteiger partial charge in [0.25, 0.3) is 0 Å². The van der Waals surface area contributed by atoms with Gasteiger partial charge in [-0.2, -0.15) is 0 Å². The molecule has 0 spiro atoms. The van der Waals surface area contributed by atoms with Crippen LogP contribution in [0.25, 0.3) is 0 Å². The van der Waals surface area contributed by atoms with E-state index < -0.39 is 0 Å². The minimum atomic E-state index is 0.00814. The van der Waals surface area contributed by atoms with E-state index in [0.717, 1.165) is 26.0 Å². The van der Waals surface area contributed by atoms with Crippen LogP contribution in [0.15, 0.2) is 12.5 Å². The second-order valence-electron chi connectivity index (χ2n) is 6.06. The number of nitrogens with one attached hydrogen (secondary N) is 1. The molecule has 0 saturated carbocycles. The molecule has 4 heteroatoms. The second-order valence-corrected chi connectivity index (χ2v) is 6.06. The Labute approximate surface area is 110 Å². The van der Waals surface area contributed by atoms with Gasteiger partial charge in [-0.15, -0.1) is 0 Å². The Morgan fingerprint density at radius 1 is 1.56 bits per heavy atom. The molecule has 0 radical (unpaired) electrons. The molecule has 1 aliphatic rings. The van der Waals surface area contributed by atoms with Crippen molar-refractivity contribution in [2.75, 3.05) is 6.61 Å². The van der Waals surface area contributed by atoms with Crippen LogP contribution in [-0.4, -0.2) is 27.8 Å². The summed E-state index contributed by atoms with van der Waals surface area (Å²) in [6.07, 6.45) is 6.04. The van der Waals surface area contributed by atoms with Crippen molar-refractivity contribution >= 4 is 0 Å². The zero-order valence-electron chi connectivity index (χ0n) is 11.9. The summed E-state index contributed by atoms with van der Waals surface area (Å²) in [4.78, 5) is 4.23. The molecule has 0 amide bonds. The fourth-order valence-electron chi connectivity index (χ4n) is 2.59. The summed E-state index contributed by atoms with van der Waals surface area (Å²) in [5.74, 6) is 0. The van der Waals surface area contributed by atoms with Crippen LogP contribution in [0.1, 0.15) is 52.3 Å². The average Bonchev–Trinajstić information content (AvgIpc) is 2.73. The van der Waals surface area contributed by atoms with Gasteiger partial charge in [0.05, 0.1) is 17.6 Å². The summed E-state index contributed by atoms with van der Waals surface area (Å²) < 4.78 is 7.96. The highest BCUT2D eigenvalue weighted by Crippen LogP contribution is 2.24. The van der Waals surface area contributed by atoms with Gasteiger partial charge < -0.3 is 14.6 Å². The van der Waals surface area contributed by atoms with Crippen molar-refractivity contribution in [1.29, 1.82) is 0 Å². The molecule has 2 rings (SSSR count). The predicted molar refractivity (Wildman–Crippen MR) is 72.5 cm³/mol. The highest BCUT2D eigenvalue weighted by Gasteiger charge is 2.28. The van der Waals surface area contributed by atoms with Crippen molar-refractivity contribution in [2.24, 2.45) is 0 Å². The molecule has 0 aliphatic carbocycles. The van der Waals surface area contributed by atoms with Crippen LogP contribution in [0.2, 0.25) is 0 Å². The molecule has 1 atom stereocenters. The van der Waals surface area contributed by atoms with Gasteiger partial charge in [0.15, 0.2) is 0 Å². The fraction of sp³-hybridized carbons (Fsp3) is 0.786. The van der Waals surface area contributed by atoms with Gasteiger partial charge in [-0.05, 0) is 40.5 Å². The Balaban J connectivity index is 1.89. The maximum Gasteiger partial charge on any atom is 0.0951 e. The molecule has 1 aromatic heterocycles. The van der Waals surface area contributed by atoms with Gasteiger partial charge in [-0.25, -0.2) is 4.98 Å². The largest absolute Gasteiger partial charge is 0.375 e. The number of hydrogen-bond acceptors (Lipinski definition) is 3. The fourth-order valence-corrected chi connectivity index (χ4v) is 2.59. The standard InChI is InChI=1S/C14H25N3O/c1-11(2)17-10-15-8-13(17)9-16-12-5-6-18-14(3,4)7-12/h8,10-12,16H,5-7,9H2,1-4H3. The predicted octanol–water partition coefficient (Wildman–Crippen LogP) is 2.51. The third-order valence-corrected chi connectivity index (χ3v) is 3.57. The Bertz CT molecular complexity index is 384. The number of nitrogens with zero attached hydrogens (tertiary/aromatic N) is 2. The van der Waals surface area contributed by atoms with Crippen LogP contribution >= 0.6 is 0 Å². The van der Waals surface area contributed by atoms with Crippen LogP contribution in [0, 0.1) is 0 Å². The zero-order valence-corrected chi connectivity index (χ0v) is 11.9. The number of imidazole rings is 1. The molecule has 1 saturated heterocycles. The maximum absolute atomic E-state index is 5.74. The molecule has 102 valence electrons. The summed E-state index contributed by atoms with van der Waals surface area (Å²) in [7, 11) is 0. The van der Waals surface area contributed by atoms with Crippen molar-refractivity contribution in [2.45, 2.75) is 64.8 Å². The van der Waals surface area contributed by atoms with E-state index in [2.05, 4.69) is 42.6 Å². The summed E-state index contributed by atoms with van der Waals surface area (Å²) in [5.41, 5.74) is 1.27. The molecule has 0 aromatic carbocycles. The van der Waals surface area contributed by atoms with Crippen molar-refractivity contribution < 1.29 is 4.74 Å². The first-order chi connectivity index (χ1) is 8.48. The van der Waals surface area contributed by atoms with Crippen LogP contribution in [-0.2, 0) is 11.3 Å². The van der Waals surface area contributed by atoms with Crippen LogP contribution < -0.4 is 5.32 Å². The molecule has 1 aromatic rings. The van der Waals surface area contributed by atoms with Crippen LogP contribution in [0.5, 0.6) is 0 Å². The lowest BCUT2D eigenvalue weighted by molar-refractivity contribution is -0.0631. The molecule has 4 nitrogen and oxygen atoms in total. The lowest BCUT2D eigenvalue weighted by Crippen LogP contribution is -2.43. The molecule has 1 fully saturated rings. The molecule has 0 bridgehead atoms. The Morgan fingerprint density at radius 3 is 3.00 bits per heavy atom. The van der Waals surface area contributed by atoms with Gasteiger partial charge in [-0.1, -0.05) is 0 Å². The van der Waals surface area contributed by atoms with E-state index in [1.54, 1.807) is 0 Å². The maximum atomic E-state index is 5.74. The van der Waals surface area contributed by atoms with Crippen molar-refractivity contribution in [3.8, 4) is 0 Å². The number of rotatable bonds is 4. The minimum absolute atomic E-state index is 0.00814. The number of hydrogen-bond donors (Lipinski definition) is 1. The summed E-state index contributed by atoms with van der Waals surface area (Å²) in [5, 5.41) is 3.63. The highest BCUT2D eigenvalue weighted by molar-refractivity contribution is 5.00. The SMILES string of the molecule is CC(C)n1cncc1CNC1CCOC(C)(C)C1. The van der Waals surface area contributed by atoms with Crippen LogP contribution in [0.4, 0.5) is 0 Å². The van der Waals surface area contributed by atoms with E-state index in [9.17, 15) is 0 Å². The van der Waals surface area contributed by atoms with E-state index in [4.69, 9.17) is 4.74 Å². The summed E-state index contributed by atoms with van der Waals surface area (Å²) in [6.45, 7) is 10.4. The third-order valence-electron chi connectivity index (χ3n) is 3.57. The van der Waals surface area contributed by atoms with E-state index in [1.807, 2.05) is 12.5 Å². The van der Waals surface area contributed by atoms with E-state index in [0.29, 0.717) is 12.1 Å². The molecule has 18 heavy (non-hydrogen) atoms. The van der Waals surface area contributed by atoms with Crippen molar-refractivity contribution in [1.82, 2.24) is 14.9 Å². The van der Waals surface area contributed by atoms with E-state index >= 15 is 0 Å². The Morgan fingerprint density at radius 2 is 2.33 bits per heavy atom. The first-order valence-corrected chi connectivity index (χ1v) is 6.86. The zero-order chi connectivity index (χ0) is 13.2. The van der Waals surface area contributed by atoms with E-state index in [1.165, 1.54) is 5.69 Å². The topological polar surface area (TPSA) is 39.1 Å². The first-order valence-electron chi connectivity index (χ1n) is 6.86. The lowest BCUT2D eigenvalue weighted by Gasteiger charge is -2.36. The van der Waals surface area contributed by atoms with Crippen LogP contribution in [0.3, 0.4) is 0 Å². The normalized spacial score (nSPS) is 23.5. The average molecular weight is 251 g/mol. The minimum Gasteiger partial charge on any atom is -0.375 e. The van der Waals surface area contributed by atoms with Gasteiger partial charge in [0.1, 0.15) is 0 Å². The van der Waals surface area contributed by atoms with Gasteiger partial charge in [0, 0.05) is 31.4 Å². The van der Waals surface area contributed by atoms with Gasteiger partial charge >= 0.3 is 0 Å². The Hall–Kier alpha value is -0.870. The molecule has 1 N–H and O–H groups in total. The highest BCUT2D eigenvalue weighted by atomic mass is 16.5. The molecule has 1 unspecified atom stereocenters. The quantitative estimate of drug-likeness (QED) is 0.893. The van der Waals surface area contributed by atoms with Gasteiger partial charge in [0.2, 0.25) is 0 Å². The molecule has 2 heterocycles. The molecular weight excluding hydrogens is 226 g/mol. The monoisotopic (exact) mass is 251 g/mol. The summed E-state index contributed by atoms with van der Waals surface area (Å²) >= 11 is 0. The van der Waals surface area contributed by atoms with Crippen molar-refractivity contribution in [3.05, 3.63) is 18.2 Å². The Kier molecular flexibility index (Phi) is 4.07.